The van der Waals surface area contributed by atoms with Crippen LogP contribution in [-0.2, 0) is 0 Å². The van der Waals surface area contributed by atoms with Crippen LogP contribution in [0.25, 0.3) is 12.2 Å². The quantitative estimate of drug-likeness (QED) is 0.581. The molecule has 2 unspecified atom stereocenters. The van der Waals surface area contributed by atoms with Crippen LogP contribution in [0.5, 0.6) is 0 Å². The molecule has 0 bridgehead atoms. The summed E-state index contributed by atoms with van der Waals surface area (Å²) in [6.45, 7) is 13.7. The molecular formula is C26H32Li2. The molecular weight excluding hydrogens is 326 g/mol. The molecule has 0 aromatic heterocycles. The summed E-state index contributed by atoms with van der Waals surface area (Å²) >= 11 is 0. The van der Waals surface area contributed by atoms with Crippen molar-refractivity contribution in [2.24, 2.45) is 0 Å². The molecule has 4 rings (SSSR count). The molecule has 0 heterocycles. The fourth-order valence-electron chi connectivity index (χ4n) is 5.21. The monoisotopic (exact) mass is 358 g/mol. The number of rotatable bonds is 3. The summed E-state index contributed by atoms with van der Waals surface area (Å²) in [5, 5.41) is 0. The second kappa shape index (κ2) is 8.86. The Hall–Kier alpha value is -0.885. The summed E-state index contributed by atoms with van der Waals surface area (Å²) in [5.41, 5.74) is 15.0. The van der Waals surface area contributed by atoms with Crippen LogP contribution in [0.2, 0.25) is 0 Å². The Bertz CT molecular complexity index is 883. The molecule has 0 radical (unpaired) electrons. The van der Waals surface area contributed by atoms with Gasteiger partial charge in [0.2, 0.25) is 0 Å². The van der Waals surface area contributed by atoms with E-state index < -0.39 is 0 Å². The van der Waals surface area contributed by atoms with Gasteiger partial charge in [-0.1, -0.05) is 47.6 Å². The Morgan fingerprint density at radius 2 is 0.857 bits per heavy atom. The standard InChI is InChI=1S/C26H30.2Li.2H/c1-15-7-9-17(3)25-21(19(5)13-23(15)25)11-12-22-20(6)14-24-16(2)8-10-18(4)26(22)24;;;;/h7-10,13-14,21-22H,11-12H2,1-6H3;;;;. The van der Waals surface area contributed by atoms with Crippen molar-refractivity contribution in [3.8, 4) is 0 Å². The molecule has 0 nitrogen and oxygen atoms in total. The van der Waals surface area contributed by atoms with E-state index in [1.165, 1.54) is 46.2 Å². The van der Waals surface area contributed by atoms with Crippen molar-refractivity contribution in [1.82, 2.24) is 0 Å². The Kier molecular flexibility index (Phi) is 7.40. The fraction of sp³-hybridized carbons (Fsp3) is 0.385. The molecule has 0 saturated heterocycles. The van der Waals surface area contributed by atoms with Gasteiger partial charge in [0.25, 0.3) is 0 Å². The van der Waals surface area contributed by atoms with Crippen LogP contribution in [0.4, 0.5) is 0 Å². The number of aryl methyl sites for hydroxylation is 4. The first kappa shape index (κ1) is 23.4. The molecule has 0 saturated carbocycles. The van der Waals surface area contributed by atoms with Crippen molar-refractivity contribution in [3.05, 3.63) is 79.9 Å². The topological polar surface area (TPSA) is 0 Å². The maximum atomic E-state index is 2.43. The Balaban J connectivity index is 0.00000140. The zero-order valence-corrected chi connectivity index (χ0v) is 17.0. The molecule has 138 valence electrons. The molecule has 28 heavy (non-hydrogen) atoms. The first-order chi connectivity index (χ1) is 12.4. The second-order valence-corrected chi connectivity index (χ2v) is 8.51. The third kappa shape index (κ3) is 3.79. The van der Waals surface area contributed by atoms with Gasteiger partial charge >= 0.3 is 37.7 Å². The number of allylic oxidation sites excluding steroid dienone is 2. The normalized spacial score (nSPS) is 19.2. The van der Waals surface area contributed by atoms with Gasteiger partial charge in [0.15, 0.2) is 0 Å². The molecule has 0 amide bonds. The molecule has 2 aromatic carbocycles. The molecule has 2 aromatic rings. The van der Waals surface area contributed by atoms with E-state index >= 15 is 0 Å². The van der Waals surface area contributed by atoms with Crippen molar-refractivity contribution < 1.29 is 0 Å². The molecule has 2 aliphatic rings. The summed E-state index contributed by atoms with van der Waals surface area (Å²) in [4.78, 5) is 0. The van der Waals surface area contributed by atoms with E-state index in [9.17, 15) is 0 Å². The van der Waals surface area contributed by atoms with E-state index in [1.54, 1.807) is 22.3 Å². The van der Waals surface area contributed by atoms with E-state index in [0.29, 0.717) is 11.8 Å². The van der Waals surface area contributed by atoms with Gasteiger partial charge in [-0.05, 0) is 98.9 Å². The Morgan fingerprint density at radius 3 is 1.21 bits per heavy atom. The van der Waals surface area contributed by atoms with Gasteiger partial charge < -0.3 is 0 Å². The molecule has 2 heteroatoms. The first-order valence-electron chi connectivity index (χ1n) is 9.95. The van der Waals surface area contributed by atoms with Crippen LogP contribution in [0.3, 0.4) is 0 Å². The Labute approximate surface area is 195 Å². The minimum absolute atomic E-state index is 0. The van der Waals surface area contributed by atoms with Gasteiger partial charge in [0, 0.05) is 11.8 Å². The minimum atomic E-state index is 0. The number of hydrogen-bond donors (Lipinski definition) is 0. The van der Waals surface area contributed by atoms with Gasteiger partial charge in [-0.3, -0.25) is 0 Å². The third-order valence-corrected chi connectivity index (χ3v) is 6.73. The average Bonchev–Trinajstić information content (AvgIpc) is 3.11. The summed E-state index contributed by atoms with van der Waals surface area (Å²) < 4.78 is 0. The van der Waals surface area contributed by atoms with Crippen LogP contribution < -0.4 is 0 Å². The van der Waals surface area contributed by atoms with Crippen LogP contribution in [0.1, 0.15) is 83.0 Å². The molecule has 0 aliphatic heterocycles. The van der Waals surface area contributed by atoms with Crippen molar-refractivity contribution in [2.45, 2.75) is 66.2 Å². The van der Waals surface area contributed by atoms with Crippen LogP contribution in [-0.4, -0.2) is 37.7 Å². The van der Waals surface area contributed by atoms with E-state index in [4.69, 9.17) is 0 Å². The molecule has 2 aliphatic carbocycles. The fourth-order valence-corrected chi connectivity index (χ4v) is 5.21. The predicted octanol–water partition coefficient (Wildman–Crippen LogP) is 6.10. The number of fused-ring (bicyclic) bond motifs is 2. The van der Waals surface area contributed by atoms with E-state index in [0.717, 1.165) is 0 Å². The van der Waals surface area contributed by atoms with Gasteiger partial charge in [-0.2, -0.15) is 0 Å². The van der Waals surface area contributed by atoms with E-state index in [1.807, 2.05) is 0 Å². The van der Waals surface area contributed by atoms with Crippen molar-refractivity contribution >= 4 is 49.9 Å². The van der Waals surface area contributed by atoms with Gasteiger partial charge in [-0.25, -0.2) is 0 Å². The summed E-state index contributed by atoms with van der Waals surface area (Å²) in [5.74, 6) is 1.18. The molecule has 0 spiro atoms. The van der Waals surface area contributed by atoms with Crippen molar-refractivity contribution in [3.63, 3.8) is 0 Å². The second-order valence-electron chi connectivity index (χ2n) is 8.51. The Morgan fingerprint density at radius 1 is 0.536 bits per heavy atom. The van der Waals surface area contributed by atoms with Crippen LogP contribution in [0, 0.1) is 27.7 Å². The van der Waals surface area contributed by atoms with Crippen molar-refractivity contribution in [2.75, 3.05) is 0 Å². The predicted molar refractivity (Wildman–Crippen MR) is 128 cm³/mol. The molecule has 0 N–H and O–H groups in total. The summed E-state index contributed by atoms with van der Waals surface area (Å²) in [6.07, 6.45) is 7.34. The number of benzene rings is 2. The SMILES string of the molecule is CC1=Cc2c(C)ccc(C)c2C1CCC1C(C)=Cc2c(C)ccc(C)c21.[LiH].[LiH]. The summed E-state index contributed by atoms with van der Waals surface area (Å²) in [7, 11) is 0. The molecule has 2 atom stereocenters. The van der Waals surface area contributed by atoms with E-state index in [-0.39, 0.29) is 37.7 Å². The third-order valence-electron chi connectivity index (χ3n) is 6.73. The maximum absolute atomic E-state index is 2.43. The van der Waals surface area contributed by atoms with Crippen LogP contribution >= 0.6 is 0 Å². The van der Waals surface area contributed by atoms with Crippen molar-refractivity contribution in [1.29, 1.82) is 0 Å². The average molecular weight is 358 g/mol. The zero-order chi connectivity index (χ0) is 18.6. The number of hydrogen-bond acceptors (Lipinski definition) is 0. The van der Waals surface area contributed by atoms with Crippen LogP contribution in [0.15, 0.2) is 35.4 Å². The molecule has 0 fully saturated rings. The van der Waals surface area contributed by atoms with E-state index in [2.05, 4.69) is 78.0 Å². The zero-order valence-electron chi connectivity index (χ0n) is 17.0. The first-order valence-corrected chi connectivity index (χ1v) is 9.95. The van der Waals surface area contributed by atoms with Gasteiger partial charge in [0.1, 0.15) is 0 Å². The van der Waals surface area contributed by atoms with Gasteiger partial charge in [0.05, 0.1) is 0 Å². The van der Waals surface area contributed by atoms with Gasteiger partial charge in [-0.15, -0.1) is 0 Å². The summed E-state index contributed by atoms with van der Waals surface area (Å²) in [6, 6.07) is 9.15.